The smallest absolute Gasteiger partial charge is 0.390 e. The normalized spacial score (nSPS) is 23.7. The predicted octanol–water partition coefficient (Wildman–Crippen LogP) is 4.23. The molecule has 4 rings (SSSR count). The zero-order valence-electron chi connectivity index (χ0n) is 20.3. The van der Waals surface area contributed by atoms with Gasteiger partial charge in [-0.2, -0.15) is 13.2 Å². The Hall–Kier alpha value is -2.42. The molecular formula is C27H34F3N3O2. The van der Waals surface area contributed by atoms with Crippen molar-refractivity contribution in [1.82, 2.24) is 14.7 Å². The van der Waals surface area contributed by atoms with Crippen LogP contribution in [0.5, 0.6) is 0 Å². The van der Waals surface area contributed by atoms with Crippen LogP contribution in [0.3, 0.4) is 0 Å². The van der Waals surface area contributed by atoms with Crippen molar-refractivity contribution in [1.29, 1.82) is 0 Å². The first kappa shape index (κ1) is 25.7. The lowest BCUT2D eigenvalue weighted by Gasteiger charge is -2.57. The highest BCUT2D eigenvalue weighted by Crippen LogP contribution is 2.42. The zero-order valence-corrected chi connectivity index (χ0v) is 20.3. The van der Waals surface area contributed by atoms with Crippen molar-refractivity contribution in [2.24, 2.45) is 0 Å². The summed E-state index contributed by atoms with van der Waals surface area (Å²) in [4.78, 5) is 17.9. The van der Waals surface area contributed by atoms with Gasteiger partial charge in [-0.15, -0.1) is 0 Å². The molecule has 2 saturated heterocycles. The van der Waals surface area contributed by atoms with Crippen LogP contribution in [0.4, 0.5) is 13.2 Å². The Morgan fingerprint density at radius 2 is 1.60 bits per heavy atom. The van der Waals surface area contributed by atoms with Crippen molar-refractivity contribution in [2.45, 2.75) is 43.4 Å². The molecule has 2 fully saturated rings. The van der Waals surface area contributed by atoms with Gasteiger partial charge in [-0.3, -0.25) is 9.69 Å². The third-order valence-corrected chi connectivity index (χ3v) is 7.33. The molecule has 3 atom stereocenters. The number of carbonyl (C=O) groups excluding carboxylic acids is 1. The lowest BCUT2D eigenvalue weighted by Crippen LogP contribution is -2.67. The minimum Gasteiger partial charge on any atom is -0.395 e. The highest BCUT2D eigenvalue weighted by atomic mass is 19.4. The van der Waals surface area contributed by atoms with Gasteiger partial charge >= 0.3 is 6.18 Å². The van der Waals surface area contributed by atoms with Crippen molar-refractivity contribution in [3.63, 3.8) is 0 Å². The molecule has 8 heteroatoms. The first-order chi connectivity index (χ1) is 16.7. The summed E-state index contributed by atoms with van der Waals surface area (Å²) in [6, 6.07) is 15.8. The lowest BCUT2D eigenvalue weighted by atomic mass is 9.74. The van der Waals surface area contributed by atoms with Gasteiger partial charge in [0.2, 0.25) is 0 Å². The van der Waals surface area contributed by atoms with Crippen LogP contribution in [0.15, 0.2) is 48.5 Å². The van der Waals surface area contributed by atoms with Gasteiger partial charge in [0, 0.05) is 50.7 Å². The molecule has 2 aromatic carbocycles. The monoisotopic (exact) mass is 489 g/mol. The first-order valence-electron chi connectivity index (χ1n) is 12.3. The third kappa shape index (κ3) is 5.88. The molecule has 35 heavy (non-hydrogen) atoms. The summed E-state index contributed by atoms with van der Waals surface area (Å²) in [5.74, 6) is 0.0422. The van der Waals surface area contributed by atoms with E-state index in [4.69, 9.17) is 0 Å². The topological polar surface area (TPSA) is 47.0 Å². The molecule has 0 saturated carbocycles. The van der Waals surface area contributed by atoms with Crippen molar-refractivity contribution < 1.29 is 23.1 Å². The van der Waals surface area contributed by atoms with Crippen molar-refractivity contribution in [3.8, 4) is 11.1 Å². The second-order valence-corrected chi connectivity index (χ2v) is 9.85. The number of hydrogen-bond donors (Lipinski definition) is 1. The van der Waals surface area contributed by atoms with Gasteiger partial charge in [0.05, 0.1) is 13.0 Å². The minimum absolute atomic E-state index is 0.00949. The maximum atomic E-state index is 12.8. The number of benzene rings is 2. The molecule has 0 aromatic heterocycles. The second-order valence-electron chi connectivity index (χ2n) is 9.85. The molecule has 0 aliphatic carbocycles. The Bertz CT molecular complexity index is 992. The molecule has 2 aliphatic heterocycles. The number of halogens is 3. The van der Waals surface area contributed by atoms with Gasteiger partial charge in [-0.25, -0.2) is 0 Å². The summed E-state index contributed by atoms with van der Waals surface area (Å²) in [5, 5.41) is 10.1. The fourth-order valence-corrected chi connectivity index (χ4v) is 5.46. The average Bonchev–Trinajstić information content (AvgIpc) is 2.82. The van der Waals surface area contributed by atoms with Crippen LogP contribution in [0.25, 0.3) is 11.1 Å². The van der Waals surface area contributed by atoms with Crippen molar-refractivity contribution in [2.75, 3.05) is 46.9 Å². The molecule has 0 bridgehead atoms. The maximum absolute atomic E-state index is 12.8. The van der Waals surface area contributed by atoms with Crippen LogP contribution < -0.4 is 0 Å². The SMILES string of the molecule is CN(C)C(=O)c1ccc(-c2ccc([C@@H]3[C@@H](CO)N4CCCCN(CCC(F)(F)F)C[C@@H]34)cc2)cc1. The molecule has 1 amide bonds. The van der Waals surface area contributed by atoms with Crippen LogP contribution >= 0.6 is 0 Å². The number of alkyl halides is 3. The number of nitrogens with zero attached hydrogens (tertiary/aromatic N) is 3. The standard InChI is InChI=1S/C27H34F3N3O2/c1-31(2)26(35)22-11-7-20(8-12-22)19-5-9-21(10-6-19)25-23-17-32(16-13-27(28,29)30)14-3-4-15-33(23)24(25)18-34/h5-12,23-25,34H,3-4,13-18H2,1-2H3/t23-,24+,25-/m0/s1. The van der Waals surface area contributed by atoms with E-state index in [1.165, 1.54) is 0 Å². The molecule has 2 aliphatic rings. The highest BCUT2D eigenvalue weighted by molar-refractivity contribution is 5.94. The number of hydrogen-bond acceptors (Lipinski definition) is 4. The van der Waals surface area contributed by atoms with E-state index < -0.39 is 12.6 Å². The maximum Gasteiger partial charge on any atom is 0.390 e. The number of aliphatic hydroxyl groups is 1. The molecule has 2 heterocycles. The summed E-state index contributed by atoms with van der Waals surface area (Å²) in [6.45, 7) is 2.20. The van der Waals surface area contributed by atoms with Crippen molar-refractivity contribution in [3.05, 3.63) is 59.7 Å². The summed E-state index contributed by atoms with van der Waals surface area (Å²) in [7, 11) is 3.45. The van der Waals surface area contributed by atoms with Crippen LogP contribution in [-0.2, 0) is 0 Å². The predicted molar refractivity (Wildman–Crippen MR) is 130 cm³/mol. The van der Waals surface area contributed by atoms with E-state index in [2.05, 4.69) is 17.0 Å². The summed E-state index contributed by atoms with van der Waals surface area (Å²) in [5.41, 5.74) is 3.77. The van der Waals surface area contributed by atoms with E-state index in [1.807, 2.05) is 41.3 Å². The van der Waals surface area contributed by atoms with E-state index in [0.717, 1.165) is 36.1 Å². The Balaban J connectivity index is 1.49. The summed E-state index contributed by atoms with van der Waals surface area (Å²) in [6.07, 6.45) is -3.14. The van der Waals surface area contributed by atoms with Gasteiger partial charge in [-0.1, -0.05) is 36.4 Å². The van der Waals surface area contributed by atoms with Crippen LogP contribution in [0, 0.1) is 0 Å². The quantitative estimate of drug-likeness (QED) is 0.660. The van der Waals surface area contributed by atoms with E-state index >= 15 is 0 Å². The Morgan fingerprint density at radius 3 is 2.17 bits per heavy atom. The molecule has 0 unspecified atom stereocenters. The first-order valence-corrected chi connectivity index (χ1v) is 12.3. The molecule has 2 aromatic rings. The van der Waals surface area contributed by atoms with Gasteiger partial charge in [0.1, 0.15) is 0 Å². The Kier molecular flexibility index (Phi) is 7.83. The Labute approximate surface area is 205 Å². The van der Waals surface area contributed by atoms with Crippen molar-refractivity contribution >= 4 is 5.91 Å². The van der Waals surface area contributed by atoms with Gasteiger partial charge in [-0.05, 0) is 54.8 Å². The van der Waals surface area contributed by atoms with Gasteiger partial charge in [0.25, 0.3) is 5.91 Å². The number of amides is 1. The molecule has 0 spiro atoms. The molecule has 1 N–H and O–H groups in total. The van der Waals surface area contributed by atoms with Crippen LogP contribution in [0.1, 0.15) is 41.1 Å². The fraction of sp³-hybridized carbons (Fsp3) is 0.519. The van der Waals surface area contributed by atoms with Crippen LogP contribution in [-0.4, -0.2) is 90.9 Å². The van der Waals surface area contributed by atoms with E-state index in [0.29, 0.717) is 18.7 Å². The lowest BCUT2D eigenvalue weighted by molar-refractivity contribution is -0.140. The number of carbonyl (C=O) groups is 1. The van der Waals surface area contributed by atoms with E-state index in [9.17, 15) is 23.1 Å². The summed E-state index contributed by atoms with van der Waals surface area (Å²) < 4.78 is 38.5. The van der Waals surface area contributed by atoms with E-state index in [1.54, 1.807) is 19.0 Å². The van der Waals surface area contributed by atoms with Gasteiger partial charge < -0.3 is 14.9 Å². The molecule has 5 nitrogen and oxygen atoms in total. The molecule has 190 valence electrons. The zero-order chi connectivity index (χ0) is 25.2. The third-order valence-electron chi connectivity index (χ3n) is 7.33. The van der Waals surface area contributed by atoms with E-state index in [-0.39, 0.29) is 37.1 Å². The number of rotatable bonds is 6. The number of fused-ring (bicyclic) bond motifs is 1. The van der Waals surface area contributed by atoms with Crippen LogP contribution in [0.2, 0.25) is 0 Å². The number of aliphatic hydroxyl groups excluding tert-OH is 1. The second kappa shape index (κ2) is 10.7. The molecular weight excluding hydrogens is 455 g/mol. The summed E-state index contributed by atoms with van der Waals surface area (Å²) >= 11 is 0. The fourth-order valence-electron chi connectivity index (χ4n) is 5.46. The largest absolute Gasteiger partial charge is 0.395 e. The average molecular weight is 490 g/mol. The minimum atomic E-state index is -4.15. The molecule has 0 radical (unpaired) electrons. The highest BCUT2D eigenvalue weighted by Gasteiger charge is 2.49. The Morgan fingerprint density at radius 1 is 1.00 bits per heavy atom. The van der Waals surface area contributed by atoms with Gasteiger partial charge in [0.15, 0.2) is 0 Å².